The average Bonchev–Trinajstić information content (AvgIpc) is 2.78. The Morgan fingerprint density at radius 2 is 2.06 bits per heavy atom. The van der Waals surface area contributed by atoms with Gasteiger partial charge in [-0.15, -0.1) is 0 Å². The van der Waals surface area contributed by atoms with Gasteiger partial charge in [0.2, 0.25) is 0 Å². The van der Waals surface area contributed by atoms with Crippen molar-refractivity contribution < 1.29 is 0 Å². The van der Waals surface area contributed by atoms with Gasteiger partial charge in [-0.2, -0.15) is 11.3 Å². The van der Waals surface area contributed by atoms with Crippen LogP contribution in [0.2, 0.25) is 0 Å². The number of halogens is 1. The molecule has 0 unspecified atom stereocenters. The summed E-state index contributed by atoms with van der Waals surface area (Å²) in [6.45, 7) is 7.19. The Hall–Kier alpha value is -0.690. The van der Waals surface area contributed by atoms with Crippen molar-refractivity contribution in [1.82, 2.24) is 9.97 Å². The maximum absolute atomic E-state index is 4.69. The fourth-order valence-corrected chi connectivity index (χ4v) is 3.36. The van der Waals surface area contributed by atoms with Gasteiger partial charge in [-0.3, -0.25) is 0 Å². The van der Waals surface area contributed by atoms with E-state index >= 15 is 0 Å². The van der Waals surface area contributed by atoms with Gasteiger partial charge in [-0.25, -0.2) is 9.97 Å². The van der Waals surface area contributed by atoms with Crippen LogP contribution in [0.3, 0.4) is 0 Å². The molecule has 96 valence electrons. The van der Waals surface area contributed by atoms with Crippen molar-refractivity contribution in [3.05, 3.63) is 25.6 Å². The summed E-state index contributed by atoms with van der Waals surface area (Å²) < 4.78 is 1.13. The van der Waals surface area contributed by atoms with Gasteiger partial charge in [0.05, 0.1) is 9.26 Å². The molecule has 0 aliphatic rings. The van der Waals surface area contributed by atoms with Crippen molar-refractivity contribution in [1.29, 1.82) is 0 Å². The van der Waals surface area contributed by atoms with E-state index in [4.69, 9.17) is 0 Å². The lowest BCUT2D eigenvalue weighted by atomic mass is 10.2. The SMILES string of the molecule is CCNc1nc(-c2cscc2C)nc(CC)c1I. The molecule has 0 aliphatic carbocycles. The number of nitrogens with one attached hydrogen (secondary N) is 1. The minimum atomic E-state index is 0.835. The van der Waals surface area contributed by atoms with Crippen molar-refractivity contribution in [2.24, 2.45) is 0 Å². The lowest BCUT2D eigenvalue weighted by Crippen LogP contribution is -2.07. The molecule has 0 saturated heterocycles. The Bertz CT molecular complexity index is 551. The van der Waals surface area contributed by atoms with Crippen LogP contribution in [-0.2, 0) is 6.42 Å². The maximum Gasteiger partial charge on any atom is 0.162 e. The van der Waals surface area contributed by atoms with Crippen LogP contribution >= 0.6 is 33.9 Å². The van der Waals surface area contributed by atoms with Crippen molar-refractivity contribution in [3.8, 4) is 11.4 Å². The summed E-state index contributed by atoms with van der Waals surface area (Å²) >= 11 is 4.02. The number of anilines is 1. The predicted molar refractivity (Wildman–Crippen MR) is 86.3 cm³/mol. The molecular formula is C13H16IN3S. The van der Waals surface area contributed by atoms with Crippen LogP contribution in [0.15, 0.2) is 10.8 Å². The first kappa shape index (κ1) is 13.7. The number of thiophene rings is 1. The van der Waals surface area contributed by atoms with Gasteiger partial charge < -0.3 is 5.32 Å². The minimum Gasteiger partial charge on any atom is -0.369 e. The van der Waals surface area contributed by atoms with Gasteiger partial charge >= 0.3 is 0 Å². The third kappa shape index (κ3) is 2.66. The highest BCUT2D eigenvalue weighted by Gasteiger charge is 2.13. The highest BCUT2D eigenvalue weighted by Crippen LogP contribution is 2.28. The molecule has 0 aliphatic heterocycles. The number of hydrogen-bond donors (Lipinski definition) is 1. The molecule has 2 heterocycles. The van der Waals surface area contributed by atoms with E-state index in [2.05, 4.69) is 69.4 Å². The molecular weight excluding hydrogens is 357 g/mol. The van der Waals surface area contributed by atoms with Gasteiger partial charge in [0, 0.05) is 17.5 Å². The number of nitrogens with zero attached hydrogens (tertiary/aromatic N) is 2. The quantitative estimate of drug-likeness (QED) is 0.820. The zero-order valence-electron chi connectivity index (χ0n) is 10.7. The smallest absolute Gasteiger partial charge is 0.162 e. The highest BCUT2D eigenvalue weighted by molar-refractivity contribution is 14.1. The summed E-state index contributed by atoms with van der Waals surface area (Å²) in [5.74, 6) is 1.78. The fourth-order valence-electron chi connectivity index (χ4n) is 1.72. The van der Waals surface area contributed by atoms with E-state index in [1.807, 2.05) is 0 Å². The van der Waals surface area contributed by atoms with Gasteiger partial charge in [0.15, 0.2) is 5.82 Å². The first-order valence-electron chi connectivity index (χ1n) is 6.00. The van der Waals surface area contributed by atoms with Gasteiger partial charge in [0.25, 0.3) is 0 Å². The number of aromatic nitrogens is 2. The normalized spacial score (nSPS) is 10.7. The Balaban J connectivity index is 2.55. The van der Waals surface area contributed by atoms with E-state index < -0.39 is 0 Å². The van der Waals surface area contributed by atoms with Crippen LogP contribution < -0.4 is 5.32 Å². The van der Waals surface area contributed by atoms with Gasteiger partial charge in [-0.05, 0) is 53.8 Å². The maximum atomic E-state index is 4.69. The topological polar surface area (TPSA) is 37.8 Å². The number of rotatable bonds is 4. The second-order valence-corrected chi connectivity index (χ2v) is 5.83. The monoisotopic (exact) mass is 373 g/mol. The molecule has 2 aromatic rings. The third-order valence-electron chi connectivity index (χ3n) is 2.70. The Morgan fingerprint density at radius 3 is 2.61 bits per heavy atom. The molecule has 0 aromatic carbocycles. The summed E-state index contributed by atoms with van der Waals surface area (Å²) in [5.41, 5.74) is 3.50. The van der Waals surface area contributed by atoms with Crippen molar-refractivity contribution in [2.75, 3.05) is 11.9 Å². The van der Waals surface area contributed by atoms with Crippen LogP contribution in [0.1, 0.15) is 25.1 Å². The van der Waals surface area contributed by atoms with E-state index in [0.717, 1.165) is 39.4 Å². The summed E-state index contributed by atoms with van der Waals surface area (Å²) in [4.78, 5) is 9.34. The van der Waals surface area contributed by atoms with E-state index in [1.54, 1.807) is 11.3 Å². The molecule has 0 saturated carbocycles. The molecule has 2 rings (SSSR count). The van der Waals surface area contributed by atoms with Crippen LogP contribution in [-0.4, -0.2) is 16.5 Å². The number of hydrogen-bond acceptors (Lipinski definition) is 4. The average molecular weight is 373 g/mol. The Kier molecular flexibility index (Phi) is 4.55. The molecule has 1 N–H and O–H groups in total. The van der Waals surface area contributed by atoms with Crippen molar-refractivity contribution >= 4 is 39.7 Å². The highest BCUT2D eigenvalue weighted by atomic mass is 127. The van der Waals surface area contributed by atoms with Crippen LogP contribution in [0, 0.1) is 10.5 Å². The zero-order valence-corrected chi connectivity index (χ0v) is 13.7. The Labute approximate surface area is 125 Å². The molecule has 3 nitrogen and oxygen atoms in total. The zero-order chi connectivity index (χ0) is 13.1. The first-order chi connectivity index (χ1) is 8.67. The Morgan fingerprint density at radius 1 is 1.28 bits per heavy atom. The fraction of sp³-hybridized carbons (Fsp3) is 0.385. The second-order valence-electron chi connectivity index (χ2n) is 4.01. The van der Waals surface area contributed by atoms with E-state index in [-0.39, 0.29) is 0 Å². The lowest BCUT2D eigenvalue weighted by Gasteiger charge is -2.11. The van der Waals surface area contributed by atoms with Crippen LogP contribution in [0.5, 0.6) is 0 Å². The summed E-state index contributed by atoms with van der Waals surface area (Å²) in [6.07, 6.45) is 0.926. The lowest BCUT2D eigenvalue weighted by molar-refractivity contribution is 0.982. The van der Waals surface area contributed by atoms with Crippen LogP contribution in [0.25, 0.3) is 11.4 Å². The third-order valence-corrected chi connectivity index (χ3v) is 4.69. The molecule has 5 heteroatoms. The minimum absolute atomic E-state index is 0.835. The molecule has 0 spiro atoms. The molecule has 2 aromatic heterocycles. The summed E-state index contributed by atoms with van der Waals surface area (Å²) in [5, 5.41) is 7.57. The van der Waals surface area contributed by atoms with Crippen molar-refractivity contribution in [2.45, 2.75) is 27.2 Å². The van der Waals surface area contributed by atoms with Gasteiger partial charge in [0.1, 0.15) is 5.82 Å². The second kappa shape index (κ2) is 5.97. The van der Waals surface area contributed by atoms with E-state index in [1.165, 1.54) is 5.56 Å². The van der Waals surface area contributed by atoms with E-state index in [9.17, 15) is 0 Å². The van der Waals surface area contributed by atoms with E-state index in [0.29, 0.717) is 0 Å². The molecule has 18 heavy (non-hydrogen) atoms. The van der Waals surface area contributed by atoms with Gasteiger partial charge in [-0.1, -0.05) is 6.92 Å². The molecule has 0 bridgehead atoms. The summed E-state index contributed by atoms with van der Waals surface area (Å²) in [7, 11) is 0. The molecule has 0 radical (unpaired) electrons. The predicted octanol–water partition coefficient (Wildman–Crippen LogP) is 4.11. The largest absolute Gasteiger partial charge is 0.369 e. The van der Waals surface area contributed by atoms with Crippen LogP contribution in [0.4, 0.5) is 5.82 Å². The van der Waals surface area contributed by atoms with Crippen molar-refractivity contribution in [3.63, 3.8) is 0 Å². The first-order valence-corrected chi connectivity index (χ1v) is 8.03. The number of aryl methyl sites for hydroxylation is 2. The standard InChI is InChI=1S/C13H16IN3S/c1-4-10-11(14)13(15-5-2)17-12(16-10)9-7-18-6-8(9)3/h6-7H,4-5H2,1-3H3,(H,15,16,17). The molecule has 0 atom stereocenters. The summed E-state index contributed by atoms with van der Waals surface area (Å²) in [6, 6.07) is 0. The molecule has 0 fully saturated rings. The molecule has 0 amide bonds.